The van der Waals surface area contributed by atoms with E-state index < -0.39 is 5.82 Å². The third-order valence-electron chi connectivity index (χ3n) is 3.60. The number of carbonyl (C=O) groups is 1. The Morgan fingerprint density at radius 1 is 1.56 bits per heavy atom. The predicted octanol–water partition coefficient (Wildman–Crippen LogP) is 2.67. The van der Waals surface area contributed by atoms with E-state index in [-0.39, 0.29) is 11.5 Å². The van der Waals surface area contributed by atoms with Gasteiger partial charge in [0.2, 0.25) is 0 Å². The summed E-state index contributed by atoms with van der Waals surface area (Å²) in [6.07, 6.45) is 3.21. The summed E-state index contributed by atoms with van der Waals surface area (Å²) in [7, 11) is 0. The van der Waals surface area contributed by atoms with Gasteiger partial charge >= 0.3 is 0 Å². The number of nitrogen functional groups attached to an aromatic ring is 1. The van der Waals surface area contributed by atoms with E-state index in [1.807, 2.05) is 0 Å². The summed E-state index contributed by atoms with van der Waals surface area (Å²) in [5.41, 5.74) is 6.12. The molecule has 0 spiro atoms. The van der Waals surface area contributed by atoms with Gasteiger partial charge in [-0.1, -0.05) is 13.3 Å². The molecule has 1 fully saturated rings. The van der Waals surface area contributed by atoms with Crippen molar-refractivity contribution in [1.29, 1.82) is 0 Å². The number of piperidine rings is 1. The molecule has 2 N–H and O–H groups in total. The molecule has 1 unspecified atom stereocenters. The van der Waals surface area contributed by atoms with Crippen LogP contribution in [0.4, 0.5) is 10.1 Å². The maximum atomic E-state index is 13.7. The molecular weight excluding hydrogens is 231 g/mol. The first-order valence-corrected chi connectivity index (χ1v) is 6.46. The van der Waals surface area contributed by atoms with Gasteiger partial charge in [-0.3, -0.25) is 4.79 Å². The second-order valence-electron chi connectivity index (χ2n) is 4.91. The van der Waals surface area contributed by atoms with E-state index in [4.69, 9.17) is 5.73 Å². The molecule has 2 rings (SSSR count). The first kappa shape index (κ1) is 12.9. The van der Waals surface area contributed by atoms with Crippen molar-refractivity contribution in [2.45, 2.75) is 26.2 Å². The fourth-order valence-corrected chi connectivity index (χ4v) is 2.46. The first-order chi connectivity index (χ1) is 8.61. The lowest BCUT2D eigenvalue weighted by molar-refractivity contribution is 0.0666. The van der Waals surface area contributed by atoms with Crippen molar-refractivity contribution in [2.75, 3.05) is 18.8 Å². The fourth-order valence-electron chi connectivity index (χ4n) is 2.46. The van der Waals surface area contributed by atoms with E-state index in [2.05, 4.69) is 6.92 Å². The van der Waals surface area contributed by atoms with Crippen LogP contribution in [0.25, 0.3) is 0 Å². The third kappa shape index (κ3) is 2.63. The fraction of sp³-hybridized carbons (Fsp3) is 0.500. The number of anilines is 1. The Kier molecular flexibility index (Phi) is 3.84. The molecule has 1 aliphatic rings. The largest absolute Gasteiger partial charge is 0.399 e. The second kappa shape index (κ2) is 5.38. The number of rotatable bonds is 2. The summed E-state index contributed by atoms with van der Waals surface area (Å²) in [5.74, 6) is -0.197. The highest BCUT2D eigenvalue weighted by molar-refractivity contribution is 5.95. The Morgan fingerprint density at radius 2 is 2.33 bits per heavy atom. The lowest BCUT2D eigenvalue weighted by Crippen LogP contribution is -2.40. The van der Waals surface area contributed by atoms with Gasteiger partial charge in [0.05, 0.1) is 5.56 Å². The maximum Gasteiger partial charge on any atom is 0.256 e. The highest BCUT2D eigenvalue weighted by Gasteiger charge is 2.25. The van der Waals surface area contributed by atoms with Crippen LogP contribution in [0.1, 0.15) is 36.5 Å². The van der Waals surface area contributed by atoms with Crippen molar-refractivity contribution in [3.63, 3.8) is 0 Å². The number of likely N-dealkylation sites (tertiary alicyclic amines) is 1. The monoisotopic (exact) mass is 250 g/mol. The van der Waals surface area contributed by atoms with Crippen LogP contribution in [0, 0.1) is 11.7 Å². The number of nitrogens with zero attached hydrogens (tertiary/aromatic N) is 1. The molecule has 4 heteroatoms. The number of benzene rings is 1. The van der Waals surface area contributed by atoms with Crippen LogP contribution in [0.3, 0.4) is 0 Å². The molecule has 0 radical (unpaired) electrons. The molecule has 98 valence electrons. The molecule has 0 aromatic heterocycles. The van der Waals surface area contributed by atoms with Crippen molar-refractivity contribution in [2.24, 2.45) is 5.92 Å². The summed E-state index contributed by atoms with van der Waals surface area (Å²) >= 11 is 0. The molecule has 0 bridgehead atoms. The molecule has 1 aromatic rings. The number of nitrogens with two attached hydrogens (primary N) is 1. The lowest BCUT2D eigenvalue weighted by Gasteiger charge is -2.32. The van der Waals surface area contributed by atoms with Gasteiger partial charge in [0.15, 0.2) is 0 Å². The van der Waals surface area contributed by atoms with Gasteiger partial charge in [0.25, 0.3) is 5.91 Å². The van der Waals surface area contributed by atoms with Crippen LogP contribution in [0.5, 0.6) is 0 Å². The van der Waals surface area contributed by atoms with E-state index in [0.29, 0.717) is 18.2 Å². The molecule has 1 saturated heterocycles. The second-order valence-corrected chi connectivity index (χ2v) is 4.91. The first-order valence-electron chi connectivity index (χ1n) is 6.46. The van der Waals surface area contributed by atoms with Gasteiger partial charge in [-0.2, -0.15) is 0 Å². The molecule has 3 nitrogen and oxygen atoms in total. The molecule has 1 atom stereocenters. The zero-order chi connectivity index (χ0) is 13.1. The van der Waals surface area contributed by atoms with Gasteiger partial charge in [0.1, 0.15) is 5.82 Å². The maximum absolute atomic E-state index is 13.7. The smallest absolute Gasteiger partial charge is 0.256 e. The van der Waals surface area contributed by atoms with Crippen molar-refractivity contribution in [1.82, 2.24) is 4.90 Å². The minimum Gasteiger partial charge on any atom is -0.399 e. The Hall–Kier alpha value is -1.58. The summed E-state index contributed by atoms with van der Waals surface area (Å²) in [6.45, 7) is 3.56. The van der Waals surface area contributed by atoms with E-state index in [9.17, 15) is 9.18 Å². The minimum absolute atomic E-state index is 0.0896. The SMILES string of the molecule is CCC1CCCN(C(=O)c2cc(N)ccc2F)C1. The quantitative estimate of drug-likeness (QED) is 0.820. The molecule has 18 heavy (non-hydrogen) atoms. The third-order valence-corrected chi connectivity index (χ3v) is 3.60. The highest BCUT2D eigenvalue weighted by Crippen LogP contribution is 2.22. The average molecular weight is 250 g/mol. The molecule has 1 heterocycles. The topological polar surface area (TPSA) is 46.3 Å². The van der Waals surface area contributed by atoms with Gasteiger partial charge < -0.3 is 10.6 Å². The summed E-state index contributed by atoms with van der Waals surface area (Å²) in [6, 6.07) is 4.15. The van der Waals surface area contributed by atoms with E-state index in [1.54, 1.807) is 4.90 Å². The van der Waals surface area contributed by atoms with Crippen LogP contribution >= 0.6 is 0 Å². The Balaban J connectivity index is 2.17. The molecule has 0 saturated carbocycles. The van der Waals surface area contributed by atoms with Crippen LogP contribution in [0.2, 0.25) is 0 Å². The lowest BCUT2D eigenvalue weighted by atomic mass is 9.95. The Labute approximate surface area is 107 Å². The van der Waals surface area contributed by atoms with Gasteiger partial charge in [-0.25, -0.2) is 4.39 Å². The van der Waals surface area contributed by atoms with Crippen molar-refractivity contribution in [3.8, 4) is 0 Å². The Morgan fingerprint density at radius 3 is 3.06 bits per heavy atom. The molecule has 1 amide bonds. The van der Waals surface area contributed by atoms with Crippen LogP contribution < -0.4 is 5.73 Å². The van der Waals surface area contributed by atoms with E-state index in [1.165, 1.54) is 18.2 Å². The summed E-state index contributed by atoms with van der Waals surface area (Å²) < 4.78 is 13.7. The number of amides is 1. The van der Waals surface area contributed by atoms with E-state index in [0.717, 1.165) is 25.8 Å². The number of hydrogen-bond donors (Lipinski definition) is 1. The normalized spacial score (nSPS) is 19.9. The zero-order valence-electron chi connectivity index (χ0n) is 10.7. The molecule has 1 aromatic carbocycles. The zero-order valence-corrected chi connectivity index (χ0v) is 10.7. The number of halogens is 1. The van der Waals surface area contributed by atoms with Crippen molar-refractivity contribution >= 4 is 11.6 Å². The minimum atomic E-state index is -0.493. The van der Waals surface area contributed by atoms with Crippen LogP contribution in [0.15, 0.2) is 18.2 Å². The average Bonchev–Trinajstić information content (AvgIpc) is 2.41. The summed E-state index contributed by atoms with van der Waals surface area (Å²) in [4.78, 5) is 14.0. The number of hydrogen-bond acceptors (Lipinski definition) is 2. The summed E-state index contributed by atoms with van der Waals surface area (Å²) in [5, 5.41) is 0. The number of carbonyl (C=O) groups excluding carboxylic acids is 1. The van der Waals surface area contributed by atoms with Gasteiger partial charge in [0, 0.05) is 18.8 Å². The van der Waals surface area contributed by atoms with Crippen LogP contribution in [-0.4, -0.2) is 23.9 Å². The predicted molar refractivity (Wildman–Crippen MR) is 69.7 cm³/mol. The Bertz CT molecular complexity index is 447. The molecular formula is C14H19FN2O. The molecule has 0 aliphatic carbocycles. The van der Waals surface area contributed by atoms with Crippen molar-refractivity contribution < 1.29 is 9.18 Å². The van der Waals surface area contributed by atoms with E-state index >= 15 is 0 Å². The van der Waals surface area contributed by atoms with Crippen LogP contribution in [-0.2, 0) is 0 Å². The van der Waals surface area contributed by atoms with Gasteiger partial charge in [-0.15, -0.1) is 0 Å². The van der Waals surface area contributed by atoms with Gasteiger partial charge in [-0.05, 0) is 37.0 Å². The standard InChI is InChI=1S/C14H19FN2O/c1-2-10-4-3-7-17(9-10)14(18)12-8-11(16)5-6-13(12)15/h5-6,8,10H,2-4,7,9,16H2,1H3. The van der Waals surface area contributed by atoms with Crippen molar-refractivity contribution in [3.05, 3.63) is 29.6 Å². The molecule has 1 aliphatic heterocycles. The highest BCUT2D eigenvalue weighted by atomic mass is 19.1.